The maximum Gasteiger partial charge on any atom is 0.127 e. The number of halogens is 2. The molecule has 1 nitrogen and oxygen atoms in total. The van der Waals surface area contributed by atoms with Crippen LogP contribution in [0.1, 0.15) is 29.5 Å². The van der Waals surface area contributed by atoms with Crippen molar-refractivity contribution in [1.29, 1.82) is 0 Å². The SMILES string of the molecule is CCNCC(Cc1c(F)cccc1Cl)c1ccccc1C. The molecule has 0 saturated heterocycles. The first-order chi connectivity index (χ1) is 10.1. The Balaban J connectivity index is 2.31. The van der Waals surface area contributed by atoms with E-state index in [1.165, 1.54) is 17.2 Å². The summed E-state index contributed by atoms with van der Waals surface area (Å²) in [5.74, 6) is -0.0156. The summed E-state index contributed by atoms with van der Waals surface area (Å²) in [6.07, 6.45) is 0.601. The van der Waals surface area contributed by atoms with Crippen LogP contribution in [0.5, 0.6) is 0 Å². The van der Waals surface area contributed by atoms with Crippen molar-refractivity contribution in [3.05, 3.63) is 70.0 Å². The molecule has 0 aliphatic rings. The number of rotatable bonds is 6. The molecule has 3 heteroatoms. The molecule has 0 aliphatic heterocycles. The molecule has 112 valence electrons. The molecule has 21 heavy (non-hydrogen) atoms. The molecule has 1 N–H and O–H groups in total. The predicted molar refractivity (Wildman–Crippen MR) is 87.6 cm³/mol. The molecule has 1 unspecified atom stereocenters. The minimum absolute atomic E-state index is 0.209. The van der Waals surface area contributed by atoms with Crippen LogP contribution in [-0.4, -0.2) is 13.1 Å². The molecule has 0 bridgehead atoms. The lowest BCUT2D eigenvalue weighted by molar-refractivity contribution is 0.561. The third-order valence-corrected chi connectivity index (χ3v) is 4.14. The average Bonchev–Trinajstić information content (AvgIpc) is 2.47. The van der Waals surface area contributed by atoms with Gasteiger partial charge in [0.05, 0.1) is 0 Å². The highest BCUT2D eigenvalue weighted by Gasteiger charge is 2.17. The van der Waals surface area contributed by atoms with E-state index in [4.69, 9.17) is 11.6 Å². The van der Waals surface area contributed by atoms with Gasteiger partial charge in [-0.3, -0.25) is 0 Å². The first kappa shape index (κ1) is 16.0. The summed E-state index contributed by atoms with van der Waals surface area (Å²) >= 11 is 6.17. The number of hydrogen-bond acceptors (Lipinski definition) is 1. The van der Waals surface area contributed by atoms with Crippen LogP contribution in [0, 0.1) is 12.7 Å². The summed E-state index contributed by atoms with van der Waals surface area (Å²) in [4.78, 5) is 0. The van der Waals surface area contributed by atoms with Gasteiger partial charge in [-0.05, 0) is 43.1 Å². The summed E-state index contributed by atoms with van der Waals surface area (Å²) in [7, 11) is 0. The standard InChI is InChI=1S/C18H21ClFN/c1-3-21-12-14(15-8-5-4-7-13(15)2)11-16-17(19)9-6-10-18(16)20/h4-10,14,21H,3,11-12H2,1-2H3. The van der Waals surface area contributed by atoms with Gasteiger partial charge in [0, 0.05) is 23.0 Å². The van der Waals surface area contributed by atoms with E-state index in [0.29, 0.717) is 17.0 Å². The van der Waals surface area contributed by atoms with Crippen molar-refractivity contribution in [2.24, 2.45) is 0 Å². The smallest absolute Gasteiger partial charge is 0.127 e. The van der Waals surface area contributed by atoms with E-state index in [1.54, 1.807) is 12.1 Å². The van der Waals surface area contributed by atoms with Gasteiger partial charge in [-0.1, -0.05) is 48.9 Å². The van der Waals surface area contributed by atoms with Crippen LogP contribution in [0.4, 0.5) is 4.39 Å². The number of nitrogens with one attached hydrogen (secondary N) is 1. The van der Waals surface area contributed by atoms with Crippen molar-refractivity contribution >= 4 is 11.6 Å². The van der Waals surface area contributed by atoms with Crippen LogP contribution in [0.3, 0.4) is 0 Å². The van der Waals surface area contributed by atoms with Crippen molar-refractivity contribution < 1.29 is 4.39 Å². The van der Waals surface area contributed by atoms with Gasteiger partial charge in [0.1, 0.15) is 5.82 Å². The van der Waals surface area contributed by atoms with Crippen LogP contribution in [-0.2, 0) is 6.42 Å². The second-order valence-electron chi connectivity index (χ2n) is 5.27. The lowest BCUT2D eigenvalue weighted by atomic mass is 9.89. The Kier molecular flexibility index (Phi) is 5.77. The largest absolute Gasteiger partial charge is 0.316 e. The Hall–Kier alpha value is -1.38. The van der Waals surface area contributed by atoms with Crippen molar-refractivity contribution in [3.63, 3.8) is 0 Å². The zero-order valence-electron chi connectivity index (χ0n) is 12.5. The van der Waals surface area contributed by atoms with Crippen LogP contribution >= 0.6 is 11.6 Å². The average molecular weight is 306 g/mol. The third kappa shape index (κ3) is 4.05. The molecule has 0 saturated carbocycles. The fourth-order valence-electron chi connectivity index (χ4n) is 2.63. The molecule has 2 rings (SSSR count). The maximum absolute atomic E-state index is 14.0. The van der Waals surface area contributed by atoms with E-state index < -0.39 is 0 Å². The van der Waals surface area contributed by atoms with Gasteiger partial charge in [0.25, 0.3) is 0 Å². The molecule has 0 spiro atoms. The molecule has 2 aromatic carbocycles. The first-order valence-electron chi connectivity index (χ1n) is 7.32. The van der Waals surface area contributed by atoms with Gasteiger partial charge in [0.15, 0.2) is 0 Å². The lowest BCUT2D eigenvalue weighted by Gasteiger charge is -2.21. The van der Waals surface area contributed by atoms with Gasteiger partial charge >= 0.3 is 0 Å². The van der Waals surface area contributed by atoms with Crippen LogP contribution in [0.15, 0.2) is 42.5 Å². The van der Waals surface area contributed by atoms with Crippen LogP contribution in [0.25, 0.3) is 0 Å². The highest BCUT2D eigenvalue weighted by Crippen LogP contribution is 2.28. The molecule has 0 radical (unpaired) electrons. The zero-order valence-corrected chi connectivity index (χ0v) is 13.3. The molecule has 1 atom stereocenters. The maximum atomic E-state index is 14.0. The predicted octanol–water partition coefficient (Wildman–Crippen LogP) is 4.72. The van der Waals surface area contributed by atoms with Gasteiger partial charge in [0.2, 0.25) is 0 Å². The second-order valence-corrected chi connectivity index (χ2v) is 5.67. The van der Waals surface area contributed by atoms with Gasteiger partial charge in [-0.15, -0.1) is 0 Å². The van der Waals surface area contributed by atoms with Crippen molar-refractivity contribution in [1.82, 2.24) is 5.32 Å². The molecule has 0 aromatic heterocycles. The normalized spacial score (nSPS) is 12.4. The summed E-state index contributed by atoms with van der Waals surface area (Å²) in [6.45, 7) is 5.88. The fraction of sp³-hybridized carbons (Fsp3) is 0.333. The highest BCUT2D eigenvalue weighted by molar-refractivity contribution is 6.31. The first-order valence-corrected chi connectivity index (χ1v) is 7.70. The molecule has 0 aliphatic carbocycles. The van der Waals surface area contributed by atoms with Crippen molar-refractivity contribution in [3.8, 4) is 0 Å². The van der Waals surface area contributed by atoms with Crippen LogP contribution < -0.4 is 5.32 Å². The number of hydrogen-bond donors (Lipinski definition) is 1. The topological polar surface area (TPSA) is 12.0 Å². The summed E-state index contributed by atoms with van der Waals surface area (Å²) in [5, 5.41) is 3.87. The molecule has 2 aromatic rings. The van der Waals surface area contributed by atoms with Crippen molar-refractivity contribution in [2.75, 3.05) is 13.1 Å². The lowest BCUT2D eigenvalue weighted by Crippen LogP contribution is -2.23. The van der Waals surface area contributed by atoms with E-state index >= 15 is 0 Å². The van der Waals surface area contributed by atoms with Crippen molar-refractivity contribution in [2.45, 2.75) is 26.2 Å². The Morgan fingerprint density at radius 1 is 1.14 bits per heavy atom. The van der Waals surface area contributed by atoms with E-state index in [9.17, 15) is 4.39 Å². The van der Waals surface area contributed by atoms with E-state index in [0.717, 1.165) is 13.1 Å². The Morgan fingerprint density at radius 2 is 1.90 bits per heavy atom. The molecule has 0 heterocycles. The Morgan fingerprint density at radius 3 is 2.57 bits per heavy atom. The molecular formula is C18H21ClFN. The molecule has 0 amide bonds. The molecular weight excluding hydrogens is 285 g/mol. The van der Waals surface area contributed by atoms with Gasteiger partial charge in [-0.2, -0.15) is 0 Å². The van der Waals surface area contributed by atoms with E-state index in [2.05, 4.69) is 31.3 Å². The summed E-state index contributed by atoms with van der Waals surface area (Å²) < 4.78 is 14.0. The Bertz CT molecular complexity index is 577. The zero-order chi connectivity index (χ0) is 15.2. The monoisotopic (exact) mass is 305 g/mol. The minimum Gasteiger partial charge on any atom is -0.316 e. The number of aryl methyl sites for hydroxylation is 1. The third-order valence-electron chi connectivity index (χ3n) is 3.78. The van der Waals surface area contributed by atoms with Crippen LogP contribution in [0.2, 0.25) is 5.02 Å². The Labute approximate surface area is 131 Å². The second kappa shape index (κ2) is 7.58. The highest BCUT2D eigenvalue weighted by atomic mass is 35.5. The summed E-state index contributed by atoms with van der Waals surface area (Å²) in [5.41, 5.74) is 3.08. The number of likely N-dealkylation sites (N-methyl/N-ethyl adjacent to an activating group) is 1. The number of benzene rings is 2. The molecule has 0 fully saturated rings. The fourth-order valence-corrected chi connectivity index (χ4v) is 2.87. The van der Waals surface area contributed by atoms with E-state index in [1.807, 2.05) is 12.1 Å². The van der Waals surface area contributed by atoms with E-state index in [-0.39, 0.29) is 11.7 Å². The minimum atomic E-state index is -0.224. The summed E-state index contributed by atoms with van der Waals surface area (Å²) in [6, 6.07) is 13.1. The van der Waals surface area contributed by atoms with Gasteiger partial charge < -0.3 is 5.32 Å². The van der Waals surface area contributed by atoms with Gasteiger partial charge in [-0.25, -0.2) is 4.39 Å². The quantitative estimate of drug-likeness (QED) is 0.814.